The normalized spacial score (nSPS) is 10.6. The van der Waals surface area contributed by atoms with Crippen molar-refractivity contribution in [3.8, 4) is 22.5 Å². The fourth-order valence-electron chi connectivity index (χ4n) is 2.73. The minimum absolute atomic E-state index is 0.0315. The Hall–Kier alpha value is -3.01. The minimum atomic E-state index is -0.828. The topological polar surface area (TPSA) is 63.1 Å². The molecule has 0 saturated carbocycles. The third-order valence-electron chi connectivity index (χ3n) is 4.05. The number of nitrogens with zero attached hydrogens (tertiary/aromatic N) is 2. The van der Waals surface area contributed by atoms with Crippen molar-refractivity contribution in [2.24, 2.45) is 0 Å². The largest absolute Gasteiger partial charge is 0.481 e. The molecule has 0 aliphatic carbocycles. The van der Waals surface area contributed by atoms with E-state index < -0.39 is 5.97 Å². The van der Waals surface area contributed by atoms with Gasteiger partial charge in [-0.15, -0.1) is 0 Å². The fourth-order valence-corrected chi connectivity index (χ4v) is 2.73. The zero-order chi connectivity index (χ0) is 17.6. The second kappa shape index (κ2) is 7.71. The molecule has 4 nitrogen and oxygen atoms in total. The third kappa shape index (κ3) is 4.29. The van der Waals surface area contributed by atoms with Crippen LogP contribution >= 0.6 is 0 Å². The summed E-state index contributed by atoms with van der Waals surface area (Å²) in [4.78, 5) is 19.7. The zero-order valence-corrected chi connectivity index (χ0v) is 14.1. The van der Waals surface area contributed by atoms with Crippen LogP contribution in [0.2, 0.25) is 0 Å². The number of aliphatic carboxylic acids is 1. The summed E-state index contributed by atoms with van der Waals surface area (Å²) in [5, 5.41) is 8.82. The highest BCUT2D eigenvalue weighted by Crippen LogP contribution is 2.21. The molecule has 0 radical (unpaired) electrons. The van der Waals surface area contributed by atoms with Gasteiger partial charge in [-0.1, -0.05) is 61.9 Å². The number of carboxylic acids is 1. The first kappa shape index (κ1) is 16.8. The van der Waals surface area contributed by atoms with Crippen molar-refractivity contribution in [2.45, 2.75) is 26.2 Å². The lowest BCUT2D eigenvalue weighted by molar-refractivity contribution is -0.136. The monoisotopic (exact) mass is 332 g/mol. The van der Waals surface area contributed by atoms with Crippen molar-refractivity contribution in [2.75, 3.05) is 0 Å². The van der Waals surface area contributed by atoms with Crippen LogP contribution in [0.25, 0.3) is 22.5 Å². The van der Waals surface area contributed by atoms with E-state index in [9.17, 15) is 4.79 Å². The van der Waals surface area contributed by atoms with Gasteiger partial charge in [0.05, 0.1) is 6.42 Å². The number of rotatable bonds is 6. The van der Waals surface area contributed by atoms with E-state index in [-0.39, 0.29) is 6.42 Å². The van der Waals surface area contributed by atoms with E-state index in [1.165, 1.54) is 5.56 Å². The Labute approximate surface area is 147 Å². The molecular formula is C21H20N2O2. The predicted octanol–water partition coefficient (Wildman–Crippen LogP) is 4.39. The summed E-state index contributed by atoms with van der Waals surface area (Å²) < 4.78 is 0. The van der Waals surface area contributed by atoms with Gasteiger partial charge in [0.2, 0.25) is 0 Å². The van der Waals surface area contributed by atoms with Gasteiger partial charge in [0.25, 0.3) is 0 Å². The van der Waals surface area contributed by atoms with Crippen molar-refractivity contribution >= 4 is 5.97 Å². The quantitative estimate of drug-likeness (QED) is 0.727. The zero-order valence-electron chi connectivity index (χ0n) is 14.1. The van der Waals surface area contributed by atoms with Crippen molar-refractivity contribution in [3.05, 3.63) is 72.1 Å². The Morgan fingerprint density at radius 2 is 1.40 bits per heavy atom. The Morgan fingerprint density at radius 1 is 0.840 bits per heavy atom. The van der Waals surface area contributed by atoms with Gasteiger partial charge < -0.3 is 5.11 Å². The molecule has 3 aromatic rings. The number of hydrogen-bond acceptors (Lipinski definition) is 3. The Morgan fingerprint density at radius 3 is 1.96 bits per heavy atom. The highest BCUT2D eigenvalue weighted by Gasteiger charge is 2.05. The summed E-state index contributed by atoms with van der Waals surface area (Å²) in [6, 6.07) is 15.8. The second-order valence-electron chi connectivity index (χ2n) is 6.01. The average molecular weight is 332 g/mol. The first-order chi connectivity index (χ1) is 12.2. The highest BCUT2D eigenvalue weighted by molar-refractivity contribution is 5.71. The first-order valence-electron chi connectivity index (χ1n) is 8.38. The van der Waals surface area contributed by atoms with Crippen LogP contribution in [0.15, 0.2) is 60.9 Å². The Balaban J connectivity index is 1.76. The van der Waals surface area contributed by atoms with Gasteiger partial charge in [-0.05, 0) is 23.1 Å². The lowest BCUT2D eigenvalue weighted by Crippen LogP contribution is -1.99. The van der Waals surface area contributed by atoms with Crippen LogP contribution in [-0.2, 0) is 17.6 Å². The molecule has 0 amide bonds. The van der Waals surface area contributed by atoms with Gasteiger partial charge in [0.15, 0.2) is 5.82 Å². The van der Waals surface area contributed by atoms with Crippen molar-refractivity contribution < 1.29 is 9.90 Å². The maximum atomic E-state index is 10.7. The summed E-state index contributed by atoms with van der Waals surface area (Å²) in [6.07, 6.45) is 5.85. The number of carbonyl (C=O) groups is 1. The van der Waals surface area contributed by atoms with Crippen LogP contribution in [0.5, 0.6) is 0 Å². The third-order valence-corrected chi connectivity index (χ3v) is 4.05. The molecule has 0 unspecified atom stereocenters. The molecule has 3 rings (SSSR count). The van der Waals surface area contributed by atoms with E-state index in [0.717, 1.165) is 35.1 Å². The van der Waals surface area contributed by atoms with Gasteiger partial charge in [-0.2, -0.15) is 0 Å². The molecule has 0 saturated heterocycles. The molecule has 4 heteroatoms. The van der Waals surface area contributed by atoms with Crippen molar-refractivity contribution in [3.63, 3.8) is 0 Å². The van der Waals surface area contributed by atoms with Crippen LogP contribution in [0.4, 0.5) is 0 Å². The lowest BCUT2D eigenvalue weighted by Gasteiger charge is -2.05. The summed E-state index contributed by atoms with van der Waals surface area (Å²) in [5.41, 5.74) is 4.99. The predicted molar refractivity (Wildman–Crippen MR) is 98.2 cm³/mol. The van der Waals surface area contributed by atoms with Crippen LogP contribution < -0.4 is 0 Å². The lowest BCUT2D eigenvalue weighted by atomic mass is 10.0. The smallest absolute Gasteiger partial charge is 0.307 e. The second-order valence-corrected chi connectivity index (χ2v) is 6.01. The number of aromatic nitrogens is 2. The average Bonchev–Trinajstić information content (AvgIpc) is 2.63. The van der Waals surface area contributed by atoms with Gasteiger partial charge >= 0.3 is 5.97 Å². The molecule has 25 heavy (non-hydrogen) atoms. The van der Waals surface area contributed by atoms with E-state index in [4.69, 9.17) is 5.11 Å². The van der Waals surface area contributed by atoms with Crippen LogP contribution in [0, 0.1) is 0 Å². The molecular weight excluding hydrogens is 312 g/mol. The van der Waals surface area contributed by atoms with Crippen LogP contribution in [0.1, 0.15) is 24.5 Å². The molecule has 1 aromatic heterocycles. The highest BCUT2D eigenvalue weighted by atomic mass is 16.4. The van der Waals surface area contributed by atoms with Gasteiger partial charge in [0, 0.05) is 23.5 Å². The fraction of sp³-hybridized carbons (Fsp3) is 0.190. The molecule has 0 bridgehead atoms. The molecule has 1 N–H and O–H groups in total. The van der Waals surface area contributed by atoms with E-state index >= 15 is 0 Å². The van der Waals surface area contributed by atoms with E-state index in [2.05, 4.69) is 41.2 Å². The summed E-state index contributed by atoms with van der Waals surface area (Å²) in [6.45, 7) is 2.17. The first-order valence-corrected chi connectivity index (χ1v) is 8.38. The molecule has 0 aliphatic heterocycles. The maximum absolute atomic E-state index is 10.7. The molecule has 0 atom stereocenters. The number of carboxylic acid groups (broad SMARTS) is 1. The van der Waals surface area contributed by atoms with E-state index in [1.54, 1.807) is 12.4 Å². The van der Waals surface area contributed by atoms with E-state index in [1.807, 2.05) is 24.3 Å². The Kier molecular flexibility index (Phi) is 5.19. The Bertz CT molecular complexity index is 839. The molecule has 1 heterocycles. The standard InChI is InChI=1S/C21H20N2O2/c1-2-3-15-4-10-18(11-5-15)21-22-13-19(14-23-21)17-8-6-16(7-9-17)12-20(24)25/h4-11,13-14H,2-3,12H2,1H3,(H,24,25). The minimum Gasteiger partial charge on any atom is -0.481 e. The van der Waals surface area contributed by atoms with Crippen molar-refractivity contribution in [1.29, 1.82) is 0 Å². The summed E-state index contributed by atoms with van der Waals surface area (Å²) in [7, 11) is 0. The van der Waals surface area contributed by atoms with Gasteiger partial charge in [-0.25, -0.2) is 9.97 Å². The number of benzene rings is 2. The molecule has 0 fully saturated rings. The van der Waals surface area contributed by atoms with Crippen LogP contribution in [0.3, 0.4) is 0 Å². The molecule has 126 valence electrons. The SMILES string of the molecule is CCCc1ccc(-c2ncc(-c3ccc(CC(=O)O)cc3)cn2)cc1. The van der Waals surface area contributed by atoms with Crippen LogP contribution in [-0.4, -0.2) is 21.0 Å². The summed E-state index contributed by atoms with van der Waals surface area (Å²) in [5.74, 6) is -0.125. The van der Waals surface area contributed by atoms with Gasteiger partial charge in [-0.3, -0.25) is 4.79 Å². The number of hydrogen-bond donors (Lipinski definition) is 1. The van der Waals surface area contributed by atoms with Gasteiger partial charge in [0.1, 0.15) is 0 Å². The van der Waals surface area contributed by atoms with E-state index in [0.29, 0.717) is 5.82 Å². The molecule has 0 spiro atoms. The maximum Gasteiger partial charge on any atom is 0.307 e. The summed E-state index contributed by atoms with van der Waals surface area (Å²) >= 11 is 0. The van der Waals surface area contributed by atoms with Crippen molar-refractivity contribution in [1.82, 2.24) is 9.97 Å². The number of aryl methyl sites for hydroxylation is 1. The molecule has 0 aliphatic rings. The molecule has 2 aromatic carbocycles.